The van der Waals surface area contributed by atoms with Crippen LogP contribution in [0.4, 0.5) is 0 Å². The molecule has 1 aliphatic carbocycles. The summed E-state index contributed by atoms with van der Waals surface area (Å²) in [4.78, 5) is 28.9. The van der Waals surface area contributed by atoms with Crippen LogP contribution in [0.1, 0.15) is 71.4 Å². The first kappa shape index (κ1) is 21.0. The van der Waals surface area contributed by atoms with Crippen molar-refractivity contribution in [3.05, 3.63) is 71.3 Å². The van der Waals surface area contributed by atoms with Crippen LogP contribution in [0.5, 0.6) is 0 Å². The smallest absolute Gasteiger partial charge is 0.336 e. The number of aromatic nitrogens is 3. The first-order valence-electron chi connectivity index (χ1n) is 11.0. The van der Waals surface area contributed by atoms with Gasteiger partial charge in [-0.25, -0.2) is 14.5 Å². The Morgan fingerprint density at radius 3 is 2.42 bits per heavy atom. The molecule has 3 aromatic rings. The van der Waals surface area contributed by atoms with Crippen LogP contribution in [-0.2, 0) is 13.0 Å². The Bertz CT molecular complexity index is 1080. The van der Waals surface area contributed by atoms with Crippen molar-refractivity contribution < 1.29 is 14.7 Å². The molecule has 1 heterocycles. The molecule has 1 fully saturated rings. The predicted octanol–water partition coefficient (Wildman–Crippen LogP) is 5.02. The number of carboxylic acid groups (broad SMARTS) is 1. The molecule has 0 radical (unpaired) electrons. The lowest BCUT2D eigenvalue weighted by atomic mass is 9.86. The Labute approximate surface area is 181 Å². The zero-order valence-corrected chi connectivity index (χ0v) is 17.8. The lowest BCUT2D eigenvalue weighted by Gasteiger charge is -2.18. The van der Waals surface area contributed by atoms with Gasteiger partial charge in [0.1, 0.15) is 5.82 Å². The van der Waals surface area contributed by atoms with Crippen LogP contribution in [0.15, 0.2) is 48.5 Å². The summed E-state index contributed by atoms with van der Waals surface area (Å²) in [6.07, 6.45) is 5.87. The van der Waals surface area contributed by atoms with Crippen molar-refractivity contribution >= 4 is 11.8 Å². The molecule has 0 aliphatic heterocycles. The zero-order valence-electron chi connectivity index (χ0n) is 17.8. The minimum atomic E-state index is -0.939. The highest BCUT2D eigenvalue weighted by molar-refractivity contribution is 5.96. The fourth-order valence-corrected chi connectivity index (χ4v) is 4.32. The van der Waals surface area contributed by atoms with Crippen molar-refractivity contribution in [1.29, 1.82) is 0 Å². The van der Waals surface area contributed by atoms with Crippen LogP contribution in [0.25, 0.3) is 11.1 Å². The average Bonchev–Trinajstić information content (AvgIpc) is 3.22. The van der Waals surface area contributed by atoms with Crippen LogP contribution in [0.2, 0.25) is 0 Å². The van der Waals surface area contributed by atoms with Gasteiger partial charge in [-0.15, -0.1) is 5.10 Å². The Balaban J connectivity index is 1.54. The topological polar surface area (TPSA) is 85.1 Å². The SMILES string of the molecule is CCn1nc(C(=O)C2CCCCC2)nc1Cc1ccc(-c2ccccc2C(=O)O)cc1. The number of benzene rings is 2. The molecule has 0 bridgehead atoms. The van der Waals surface area contributed by atoms with Gasteiger partial charge >= 0.3 is 5.97 Å². The molecule has 160 valence electrons. The molecule has 4 rings (SSSR count). The Morgan fingerprint density at radius 2 is 1.74 bits per heavy atom. The second-order valence-corrected chi connectivity index (χ2v) is 8.09. The lowest BCUT2D eigenvalue weighted by molar-refractivity contribution is 0.0697. The van der Waals surface area contributed by atoms with Crippen LogP contribution < -0.4 is 0 Å². The molecule has 6 heteroatoms. The van der Waals surface area contributed by atoms with Gasteiger partial charge < -0.3 is 5.11 Å². The number of nitrogens with zero attached hydrogens (tertiary/aromatic N) is 3. The summed E-state index contributed by atoms with van der Waals surface area (Å²) in [6, 6.07) is 14.8. The minimum Gasteiger partial charge on any atom is -0.478 e. The number of carboxylic acids is 1. The number of hydrogen-bond donors (Lipinski definition) is 1. The molecular formula is C25H27N3O3. The van der Waals surface area contributed by atoms with Crippen LogP contribution in [0, 0.1) is 5.92 Å². The van der Waals surface area contributed by atoms with E-state index in [4.69, 9.17) is 0 Å². The maximum absolute atomic E-state index is 12.8. The number of Topliss-reactive ketones (excluding diaryl/α,β-unsaturated/α-hetero) is 1. The predicted molar refractivity (Wildman–Crippen MR) is 118 cm³/mol. The van der Waals surface area contributed by atoms with Crippen molar-refractivity contribution in [2.75, 3.05) is 0 Å². The molecule has 0 amide bonds. The van der Waals surface area contributed by atoms with E-state index >= 15 is 0 Å². The first-order chi connectivity index (χ1) is 15.1. The number of rotatable bonds is 7. The number of aryl methyl sites for hydroxylation is 1. The molecule has 31 heavy (non-hydrogen) atoms. The zero-order chi connectivity index (χ0) is 21.8. The van der Waals surface area contributed by atoms with Gasteiger partial charge in [0, 0.05) is 18.9 Å². The molecular weight excluding hydrogens is 390 g/mol. The van der Waals surface area contributed by atoms with E-state index in [9.17, 15) is 14.7 Å². The fraction of sp³-hybridized carbons (Fsp3) is 0.360. The molecule has 1 aliphatic rings. The van der Waals surface area contributed by atoms with Crippen LogP contribution in [-0.4, -0.2) is 31.6 Å². The standard InChI is InChI=1S/C25H27N3O3/c1-2-28-22(26-24(27-28)23(29)19-8-4-3-5-9-19)16-17-12-14-18(15-13-17)20-10-6-7-11-21(20)25(30)31/h6-7,10-15,19H,2-5,8-9,16H2,1H3,(H,30,31). The van der Waals surface area contributed by atoms with Crippen molar-refractivity contribution in [2.24, 2.45) is 5.92 Å². The molecule has 1 saturated carbocycles. The third-order valence-electron chi connectivity index (χ3n) is 6.03. The minimum absolute atomic E-state index is 0.0582. The fourth-order valence-electron chi connectivity index (χ4n) is 4.32. The second-order valence-electron chi connectivity index (χ2n) is 8.09. The lowest BCUT2D eigenvalue weighted by Crippen LogP contribution is -2.19. The highest BCUT2D eigenvalue weighted by Crippen LogP contribution is 2.27. The largest absolute Gasteiger partial charge is 0.478 e. The molecule has 0 unspecified atom stereocenters. The normalized spacial score (nSPS) is 14.5. The maximum atomic E-state index is 12.8. The Morgan fingerprint density at radius 1 is 1.03 bits per heavy atom. The van der Waals surface area contributed by atoms with E-state index in [1.807, 2.05) is 48.0 Å². The molecule has 1 aromatic heterocycles. The highest BCUT2D eigenvalue weighted by Gasteiger charge is 2.26. The van der Waals surface area contributed by atoms with Gasteiger partial charge in [-0.1, -0.05) is 61.7 Å². The van der Waals surface area contributed by atoms with Gasteiger partial charge in [-0.05, 0) is 42.5 Å². The number of ketones is 1. The molecule has 6 nitrogen and oxygen atoms in total. The van der Waals surface area contributed by atoms with Gasteiger partial charge in [0.15, 0.2) is 0 Å². The molecule has 2 aromatic carbocycles. The first-order valence-corrected chi connectivity index (χ1v) is 11.0. The summed E-state index contributed by atoms with van der Waals surface area (Å²) >= 11 is 0. The van der Waals surface area contributed by atoms with E-state index in [0.29, 0.717) is 24.4 Å². The van der Waals surface area contributed by atoms with Gasteiger partial charge in [-0.3, -0.25) is 4.79 Å². The van der Waals surface area contributed by atoms with Gasteiger partial charge in [0.05, 0.1) is 5.56 Å². The van der Waals surface area contributed by atoms with Crippen LogP contribution >= 0.6 is 0 Å². The van der Waals surface area contributed by atoms with E-state index < -0.39 is 5.97 Å². The average molecular weight is 418 g/mol. The number of hydrogen-bond acceptors (Lipinski definition) is 4. The van der Waals surface area contributed by atoms with E-state index in [-0.39, 0.29) is 17.3 Å². The monoisotopic (exact) mass is 417 g/mol. The number of carbonyl (C=O) groups excluding carboxylic acids is 1. The highest BCUT2D eigenvalue weighted by atomic mass is 16.4. The summed E-state index contributed by atoms with van der Waals surface area (Å²) in [6.45, 7) is 2.66. The van der Waals surface area contributed by atoms with Crippen molar-refractivity contribution in [2.45, 2.75) is 52.0 Å². The van der Waals surface area contributed by atoms with Gasteiger partial charge in [0.25, 0.3) is 0 Å². The van der Waals surface area contributed by atoms with E-state index in [1.165, 1.54) is 6.42 Å². The molecule has 0 saturated heterocycles. The quantitative estimate of drug-likeness (QED) is 0.546. The van der Waals surface area contributed by atoms with Gasteiger partial charge in [-0.2, -0.15) is 0 Å². The van der Waals surface area contributed by atoms with Crippen molar-refractivity contribution in [3.63, 3.8) is 0 Å². The summed E-state index contributed by atoms with van der Waals surface area (Å²) in [5.41, 5.74) is 2.87. The summed E-state index contributed by atoms with van der Waals surface area (Å²) in [5, 5.41) is 13.9. The summed E-state index contributed by atoms with van der Waals surface area (Å²) in [5.74, 6) is 0.318. The Kier molecular flexibility index (Phi) is 6.26. The van der Waals surface area contributed by atoms with E-state index in [0.717, 1.165) is 42.6 Å². The molecule has 0 spiro atoms. The second kappa shape index (κ2) is 9.25. The van der Waals surface area contributed by atoms with Crippen molar-refractivity contribution in [1.82, 2.24) is 14.8 Å². The van der Waals surface area contributed by atoms with E-state index in [2.05, 4.69) is 10.1 Å². The number of aromatic carboxylic acids is 1. The third-order valence-corrected chi connectivity index (χ3v) is 6.03. The van der Waals surface area contributed by atoms with Crippen molar-refractivity contribution in [3.8, 4) is 11.1 Å². The van der Waals surface area contributed by atoms with E-state index in [1.54, 1.807) is 12.1 Å². The number of carbonyl (C=O) groups is 2. The Hall–Kier alpha value is -3.28. The summed E-state index contributed by atoms with van der Waals surface area (Å²) in [7, 11) is 0. The molecule has 1 N–H and O–H groups in total. The third kappa shape index (κ3) is 4.58. The maximum Gasteiger partial charge on any atom is 0.336 e. The van der Waals surface area contributed by atoms with Crippen LogP contribution in [0.3, 0.4) is 0 Å². The summed E-state index contributed by atoms with van der Waals surface area (Å²) < 4.78 is 1.81. The molecule has 0 atom stereocenters. The van der Waals surface area contributed by atoms with Gasteiger partial charge in [0.2, 0.25) is 11.6 Å².